The van der Waals surface area contributed by atoms with Gasteiger partial charge in [-0.25, -0.2) is 16.8 Å². The number of ether oxygens (including phenoxy) is 1. The molecule has 0 spiro atoms. The molecule has 10 heteroatoms. The molecule has 2 aromatic rings. The topological polar surface area (TPSA) is 107 Å². The van der Waals surface area contributed by atoms with Crippen molar-refractivity contribution >= 4 is 42.9 Å². The Balaban J connectivity index is 2.15. The molecule has 0 heterocycles. The fourth-order valence-electron chi connectivity index (χ4n) is 2.08. The number of anilines is 1. The van der Waals surface area contributed by atoms with Crippen molar-refractivity contribution in [3.63, 3.8) is 0 Å². The Morgan fingerprint density at radius 1 is 1.07 bits per heavy atom. The minimum absolute atomic E-state index is 0.0154. The standard InChI is InChI=1S/C17H18ClNO6S2/c1-26(21,22)9-8-25-13-5-3-4-12(10-13)19-17(20)15-11-14(27(2,23)24)6-7-16(15)18/h3-7,10-11H,8-9H2,1-2H3,(H,19,20). The van der Waals surface area contributed by atoms with Crippen LogP contribution in [-0.2, 0) is 19.7 Å². The van der Waals surface area contributed by atoms with Gasteiger partial charge < -0.3 is 10.1 Å². The van der Waals surface area contributed by atoms with Gasteiger partial charge >= 0.3 is 0 Å². The number of benzene rings is 2. The van der Waals surface area contributed by atoms with Crippen LogP contribution in [0.15, 0.2) is 47.4 Å². The van der Waals surface area contributed by atoms with Crippen LogP contribution >= 0.6 is 11.6 Å². The molecular weight excluding hydrogens is 414 g/mol. The largest absolute Gasteiger partial charge is 0.492 e. The first kappa shape index (κ1) is 21.2. The van der Waals surface area contributed by atoms with Crippen molar-refractivity contribution in [2.24, 2.45) is 0 Å². The molecule has 1 N–H and O–H groups in total. The highest BCUT2D eigenvalue weighted by molar-refractivity contribution is 7.91. The monoisotopic (exact) mass is 431 g/mol. The fourth-order valence-corrected chi connectivity index (χ4v) is 3.32. The first-order valence-electron chi connectivity index (χ1n) is 7.67. The number of sulfone groups is 2. The Hall–Kier alpha value is -2.10. The molecule has 0 aromatic heterocycles. The number of amides is 1. The Labute approximate surface area is 163 Å². The molecule has 1 amide bonds. The number of carbonyl (C=O) groups is 1. The van der Waals surface area contributed by atoms with Gasteiger partial charge in [-0.15, -0.1) is 0 Å². The van der Waals surface area contributed by atoms with Crippen molar-refractivity contribution in [2.45, 2.75) is 4.90 Å². The van der Waals surface area contributed by atoms with Gasteiger partial charge in [0.1, 0.15) is 12.4 Å². The molecule has 2 rings (SSSR count). The van der Waals surface area contributed by atoms with E-state index in [4.69, 9.17) is 16.3 Å². The fraction of sp³-hybridized carbons (Fsp3) is 0.235. The molecule has 0 bridgehead atoms. The molecule has 0 radical (unpaired) electrons. The summed E-state index contributed by atoms with van der Waals surface area (Å²) in [6, 6.07) is 10.3. The van der Waals surface area contributed by atoms with Crippen LogP contribution in [0.25, 0.3) is 0 Å². The lowest BCUT2D eigenvalue weighted by atomic mass is 10.2. The Bertz CT molecular complexity index is 1060. The molecule has 0 saturated carbocycles. The quantitative estimate of drug-likeness (QED) is 0.721. The van der Waals surface area contributed by atoms with Crippen molar-refractivity contribution in [3.8, 4) is 5.75 Å². The molecule has 0 aliphatic carbocycles. The van der Waals surface area contributed by atoms with Gasteiger partial charge in [-0.05, 0) is 30.3 Å². The second kappa shape index (κ2) is 8.28. The summed E-state index contributed by atoms with van der Waals surface area (Å²) in [6.07, 6.45) is 2.15. The Kier molecular flexibility index (Phi) is 6.50. The van der Waals surface area contributed by atoms with Gasteiger partial charge in [0.25, 0.3) is 5.91 Å². The zero-order valence-corrected chi connectivity index (χ0v) is 17.0. The molecule has 2 aromatic carbocycles. The molecule has 0 saturated heterocycles. The zero-order valence-electron chi connectivity index (χ0n) is 14.6. The van der Waals surface area contributed by atoms with E-state index in [9.17, 15) is 21.6 Å². The molecule has 0 aliphatic rings. The van der Waals surface area contributed by atoms with E-state index in [1.54, 1.807) is 18.2 Å². The predicted octanol–water partition coefficient (Wildman–Crippen LogP) is 2.42. The summed E-state index contributed by atoms with van der Waals surface area (Å²) in [4.78, 5) is 12.4. The van der Waals surface area contributed by atoms with Crippen LogP contribution < -0.4 is 10.1 Å². The number of halogens is 1. The highest BCUT2D eigenvalue weighted by atomic mass is 35.5. The smallest absolute Gasteiger partial charge is 0.257 e. The third-order valence-corrected chi connectivity index (χ3v) is 5.77. The van der Waals surface area contributed by atoms with Crippen molar-refractivity contribution < 1.29 is 26.4 Å². The lowest BCUT2D eigenvalue weighted by Gasteiger charge is -2.10. The van der Waals surface area contributed by atoms with Crippen LogP contribution in [-0.4, -0.2) is 47.6 Å². The van der Waals surface area contributed by atoms with Gasteiger partial charge in [0.2, 0.25) is 0 Å². The number of hydrogen-bond donors (Lipinski definition) is 1. The van der Waals surface area contributed by atoms with Gasteiger partial charge in [-0.2, -0.15) is 0 Å². The lowest BCUT2D eigenvalue weighted by Crippen LogP contribution is -2.14. The number of hydrogen-bond acceptors (Lipinski definition) is 6. The van der Waals surface area contributed by atoms with Crippen LogP contribution in [0.1, 0.15) is 10.4 Å². The van der Waals surface area contributed by atoms with E-state index in [-0.39, 0.29) is 27.8 Å². The van der Waals surface area contributed by atoms with E-state index in [0.717, 1.165) is 12.5 Å². The molecule has 0 fully saturated rings. The van der Waals surface area contributed by atoms with Crippen molar-refractivity contribution in [3.05, 3.63) is 53.1 Å². The Morgan fingerprint density at radius 3 is 2.41 bits per heavy atom. The second-order valence-electron chi connectivity index (χ2n) is 5.87. The maximum atomic E-state index is 12.5. The van der Waals surface area contributed by atoms with Gasteiger partial charge in [0.15, 0.2) is 19.7 Å². The van der Waals surface area contributed by atoms with Crippen molar-refractivity contribution in [2.75, 3.05) is 30.2 Å². The molecule has 0 atom stereocenters. The van der Waals surface area contributed by atoms with Gasteiger partial charge in [-0.3, -0.25) is 4.79 Å². The molecular formula is C17H18ClNO6S2. The lowest BCUT2D eigenvalue weighted by molar-refractivity contribution is 0.102. The average molecular weight is 432 g/mol. The summed E-state index contributed by atoms with van der Waals surface area (Å²) in [5.41, 5.74) is 0.403. The summed E-state index contributed by atoms with van der Waals surface area (Å²) in [5, 5.41) is 2.72. The summed E-state index contributed by atoms with van der Waals surface area (Å²) < 4.78 is 50.9. The number of carbonyl (C=O) groups excluding carboxylic acids is 1. The minimum atomic E-state index is -3.49. The van der Waals surface area contributed by atoms with Crippen LogP contribution in [0, 0.1) is 0 Å². The third-order valence-electron chi connectivity index (χ3n) is 3.43. The van der Waals surface area contributed by atoms with E-state index in [1.165, 1.54) is 24.3 Å². The highest BCUT2D eigenvalue weighted by Crippen LogP contribution is 2.23. The number of rotatable bonds is 7. The van der Waals surface area contributed by atoms with Crippen LogP contribution in [0.4, 0.5) is 5.69 Å². The summed E-state index contributed by atoms with van der Waals surface area (Å²) in [7, 11) is -6.62. The average Bonchev–Trinajstić information content (AvgIpc) is 2.53. The van der Waals surface area contributed by atoms with E-state index in [2.05, 4.69) is 5.32 Å². The summed E-state index contributed by atoms with van der Waals surface area (Å²) in [6.45, 7) is -0.0154. The Morgan fingerprint density at radius 2 is 1.78 bits per heavy atom. The molecule has 0 unspecified atom stereocenters. The minimum Gasteiger partial charge on any atom is -0.492 e. The zero-order chi connectivity index (χ0) is 20.2. The van der Waals surface area contributed by atoms with Gasteiger partial charge in [-0.1, -0.05) is 17.7 Å². The third kappa shape index (κ3) is 6.53. The van der Waals surface area contributed by atoms with Crippen molar-refractivity contribution in [1.82, 2.24) is 0 Å². The first-order valence-corrected chi connectivity index (χ1v) is 12.0. The molecule has 146 valence electrons. The summed E-state index contributed by atoms with van der Waals surface area (Å²) in [5.74, 6) is -0.330. The van der Waals surface area contributed by atoms with Crippen LogP contribution in [0.3, 0.4) is 0 Å². The SMILES string of the molecule is CS(=O)(=O)CCOc1cccc(NC(=O)c2cc(S(C)(=O)=O)ccc2Cl)c1. The molecule has 0 aliphatic heterocycles. The number of nitrogens with one attached hydrogen (secondary N) is 1. The van der Waals surface area contributed by atoms with E-state index in [1.807, 2.05) is 0 Å². The molecule has 27 heavy (non-hydrogen) atoms. The second-order valence-corrected chi connectivity index (χ2v) is 10.6. The molecule has 7 nitrogen and oxygen atoms in total. The first-order chi connectivity index (χ1) is 12.5. The summed E-state index contributed by atoms with van der Waals surface area (Å²) >= 11 is 6.01. The maximum absolute atomic E-state index is 12.5. The highest BCUT2D eigenvalue weighted by Gasteiger charge is 2.16. The van der Waals surface area contributed by atoms with E-state index in [0.29, 0.717) is 11.4 Å². The van der Waals surface area contributed by atoms with E-state index >= 15 is 0 Å². The van der Waals surface area contributed by atoms with Gasteiger partial charge in [0.05, 0.1) is 21.2 Å². The predicted molar refractivity (Wildman–Crippen MR) is 104 cm³/mol. The maximum Gasteiger partial charge on any atom is 0.257 e. The van der Waals surface area contributed by atoms with Crippen LogP contribution in [0.2, 0.25) is 5.02 Å². The van der Waals surface area contributed by atoms with Crippen molar-refractivity contribution in [1.29, 1.82) is 0 Å². The van der Waals surface area contributed by atoms with Gasteiger partial charge in [0, 0.05) is 24.3 Å². The normalized spacial score (nSPS) is 11.8. The van der Waals surface area contributed by atoms with E-state index < -0.39 is 25.6 Å². The van der Waals surface area contributed by atoms with Crippen LogP contribution in [0.5, 0.6) is 5.75 Å².